The largest absolute Gasteiger partial charge is 0.341 e. The van der Waals surface area contributed by atoms with Gasteiger partial charge in [-0.1, -0.05) is 46.3 Å². The van der Waals surface area contributed by atoms with Crippen molar-refractivity contribution in [2.24, 2.45) is 0 Å². The molecule has 2 heterocycles. The van der Waals surface area contributed by atoms with Crippen LogP contribution in [0.3, 0.4) is 0 Å². The summed E-state index contributed by atoms with van der Waals surface area (Å²) in [5, 5.41) is 5.95. The zero-order valence-electron chi connectivity index (χ0n) is 11.6. The van der Waals surface area contributed by atoms with Crippen LogP contribution in [0, 0.1) is 0 Å². The van der Waals surface area contributed by atoms with Crippen molar-refractivity contribution in [2.45, 2.75) is 18.9 Å². The van der Waals surface area contributed by atoms with Gasteiger partial charge in [0.05, 0.1) is 17.9 Å². The molecule has 1 aliphatic heterocycles. The van der Waals surface area contributed by atoms with Gasteiger partial charge in [-0.05, 0) is 36.2 Å². The summed E-state index contributed by atoms with van der Waals surface area (Å²) >= 11 is 3.63. The van der Waals surface area contributed by atoms with E-state index >= 15 is 0 Å². The number of rotatable bonds is 2. The second-order valence-electron chi connectivity index (χ2n) is 5.47. The average Bonchev–Trinajstić information content (AvgIpc) is 3.19. The summed E-state index contributed by atoms with van der Waals surface area (Å²) < 4.78 is 1.12. The van der Waals surface area contributed by atoms with E-state index in [0.29, 0.717) is 6.04 Å². The second kappa shape index (κ2) is 5.28. The van der Waals surface area contributed by atoms with Crippen LogP contribution in [0.5, 0.6) is 0 Å². The van der Waals surface area contributed by atoms with Gasteiger partial charge in [0.15, 0.2) is 0 Å². The van der Waals surface area contributed by atoms with Crippen molar-refractivity contribution in [1.82, 2.24) is 15.3 Å². The van der Waals surface area contributed by atoms with Gasteiger partial charge in [0.2, 0.25) is 0 Å². The van der Waals surface area contributed by atoms with Crippen molar-refractivity contribution in [3.05, 3.63) is 52.9 Å². The van der Waals surface area contributed by atoms with E-state index in [1.54, 1.807) is 0 Å². The minimum atomic E-state index is 0.375. The van der Waals surface area contributed by atoms with E-state index < -0.39 is 0 Å². The third-order valence-electron chi connectivity index (χ3n) is 4.15. The molecule has 3 aromatic rings. The standard InChI is InChI=1S/C17H16BrN3/c18-14-8-7-13(11-4-1-2-5-12(11)14)16-10-20-17(21-16)15-6-3-9-19-15/h1-2,4-5,7-8,10,15,19H,3,6,9H2,(H,20,21)/t15-/m0/s1. The molecular weight excluding hydrogens is 326 g/mol. The average molecular weight is 342 g/mol. The van der Waals surface area contributed by atoms with Crippen LogP contribution in [-0.2, 0) is 0 Å². The molecule has 4 heteroatoms. The molecule has 2 N–H and O–H groups in total. The van der Waals surface area contributed by atoms with Gasteiger partial charge in [-0.25, -0.2) is 4.98 Å². The van der Waals surface area contributed by atoms with E-state index in [4.69, 9.17) is 0 Å². The van der Waals surface area contributed by atoms with Crippen LogP contribution in [0.1, 0.15) is 24.7 Å². The molecule has 106 valence electrons. The molecule has 1 aromatic heterocycles. The quantitative estimate of drug-likeness (QED) is 0.724. The highest BCUT2D eigenvalue weighted by atomic mass is 79.9. The summed E-state index contributed by atoms with van der Waals surface area (Å²) in [5.74, 6) is 1.05. The Morgan fingerprint density at radius 3 is 2.76 bits per heavy atom. The fourth-order valence-corrected chi connectivity index (χ4v) is 3.54. The summed E-state index contributed by atoms with van der Waals surface area (Å²) in [7, 11) is 0. The molecule has 0 saturated carbocycles. The van der Waals surface area contributed by atoms with Crippen LogP contribution in [0.15, 0.2) is 47.1 Å². The normalized spacial score (nSPS) is 18.4. The van der Waals surface area contributed by atoms with Gasteiger partial charge < -0.3 is 10.3 Å². The maximum absolute atomic E-state index is 4.57. The summed E-state index contributed by atoms with van der Waals surface area (Å²) in [5.41, 5.74) is 2.29. The van der Waals surface area contributed by atoms with E-state index in [1.165, 1.54) is 22.8 Å². The molecular formula is C17H16BrN3. The molecule has 1 fully saturated rings. The highest BCUT2D eigenvalue weighted by molar-refractivity contribution is 9.10. The number of hydrogen-bond acceptors (Lipinski definition) is 2. The number of aromatic nitrogens is 2. The number of aromatic amines is 1. The predicted octanol–water partition coefficient (Wildman–Crippen LogP) is 4.42. The number of fused-ring (bicyclic) bond motifs is 1. The maximum Gasteiger partial charge on any atom is 0.123 e. The van der Waals surface area contributed by atoms with Crippen molar-refractivity contribution < 1.29 is 0 Å². The molecule has 0 unspecified atom stereocenters. The number of hydrogen-bond donors (Lipinski definition) is 2. The molecule has 2 aromatic carbocycles. The molecule has 21 heavy (non-hydrogen) atoms. The fraction of sp³-hybridized carbons (Fsp3) is 0.235. The Kier molecular flexibility index (Phi) is 3.28. The maximum atomic E-state index is 4.57. The Labute approximate surface area is 131 Å². The lowest BCUT2D eigenvalue weighted by atomic mass is 10.0. The Balaban J connectivity index is 1.81. The lowest BCUT2D eigenvalue weighted by Gasteiger charge is -2.08. The number of imidazole rings is 1. The van der Waals surface area contributed by atoms with Crippen LogP contribution in [-0.4, -0.2) is 16.5 Å². The van der Waals surface area contributed by atoms with Crippen LogP contribution < -0.4 is 5.32 Å². The molecule has 0 bridgehead atoms. The molecule has 0 aliphatic carbocycles. The molecule has 0 amide bonds. The number of H-pyrrole nitrogens is 1. The summed E-state index contributed by atoms with van der Waals surface area (Å²) in [4.78, 5) is 8.07. The van der Waals surface area contributed by atoms with Crippen molar-refractivity contribution in [2.75, 3.05) is 6.54 Å². The van der Waals surface area contributed by atoms with Crippen molar-refractivity contribution in [3.8, 4) is 11.3 Å². The lowest BCUT2D eigenvalue weighted by molar-refractivity contribution is 0.613. The minimum Gasteiger partial charge on any atom is -0.341 e. The first-order valence-corrected chi connectivity index (χ1v) is 8.08. The Hall–Kier alpha value is -1.65. The zero-order chi connectivity index (χ0) is 14.2. The van der Waals surface area contributed by atoms with Gasteiger partial charge in [0.25, 0.3) is 0 Å². The molecule has 0 spiro atoms. The van der Waals surface area contributed by atoms with Crippen molar-refractivity contribution >= 4 is 26.7 Å². The summed E-state index contributed by atoms with van der Waals surface area (Å²) in [6, 6.07) is 13.1. The van der Waals surface area contributed by atoms with E-state index in [0.717, 1.165) is 29.0 Å². The smallest absolute Gasteiger partial charge is 0.123 e. The first-order valence-electron chi connectivity index (χ1n) is 7.29. The zero-order valence-corrected chi connectivity index (χ0v) is 13.2. The van der Waals surface area contributed by atoms with Crippen molar-refractivity contribution in [1.29, 1.82) is 0 Å². The number of halogens is 1. The first kappa shape index (κ1) is 13.0. The molecule has 4 rings (SSSR count). The second-order valence-corrected chi connectivity index (χ2v) is 6.33. The van der Waals surface area contributed by atoms with E-state index in [-0.39, 0.29) is 0 Å². The molecule has 1 saturated heterocycles. The van der Waals surface area contributed by atoms with Gasteiger partial charge >= 0.3 is 0 Å². The molecule has 3 nitrogen and oxygen atoms in total. The van der Waals surface area contributed by atoms with Gasteiger partial charge in [0, 0.05) is 10.0 Å². The van der Waals surface area contributed by atoms with Gasteiger partial charge in [-0.3, -0.25) is 0 Å². The van der Waals surface area contributed by atoms with Crippen molar-refractivity contribution in [3.63, 3.8) is 0 Å². The molecule has 1 aliphatic rings. The Morgan fingerprint density at radius 1 is 1.10 bits per heavy atom. The number of nitrogens with one attached hydrogen (secondary N) is 2. The monoisotopic (exact) mass is 341 g/mol. The third kappa shape index (κ3) is 2.28. The van der Waals surface area contributed by atoms with Gasteiger partial charge in [-0.15, -0.1) is 0 Å². The molecule has 0 radical (unpaired) electrons. The SMILES string of the molecule is Brc1ccc(-c2cnc([C@@H]3CCCN3)[nH]2)c2ccccc12. The Bertz CT molecular complexity index is 788. The lowest BCUT2D eigenvalue weighted by Crippen LogP contribution is -2.14. The van der Waals surface area contributed by atoms with Gasteiger partial charge in [-0.2, -0.15) is 0 Å². The van der Waals surface area contributed by atoms with Crippen LogP contribution >= 0.6 is 15.9 Å². The Morgan fingerprint density at radius 2 is 1.95 bits per heavy atom. The third-order valence-corrected chi connectivity index (χ3v) is 4.84. The van der Waals surface area contributed by atoms with E-state index in [1.807, 2.05) is 6.20 Å². The van der Waals surface area contributed by atoms with E-state index in [9.17, 15) is 0 Å². The van der Waals surface area contributed by atoms with Crippen LogP contribution in [0.4, 0.5) is 0 Å². The first-order chi connectivity index (χ1) is 10.3. The minimum absolute atomic E-state index is 0.375. The predicted molar refractivity (Wildman–Crippen MR) is 89.2 cm³/mol. The number of nitrogens with zero attached hydrogens (tertiary/aromatic N) is 1. The fourth-order valence-electron chi connectivity index (χ4n) is 3.07. The number of benzene rings is 2. The van der Waals surface area contributed by atoms with E-state index in [2.05, 4.69) is 67.6 Å². The summed E-state index contributed by atoms with van der Waals surface area (Å²) in [6.07, 6.45) is 4.33. The topological polar surface area (TPSA) is 40.7 Å². The highest BCUT2D eigenvalue weighted by Gasteiger charge is 2.19. The van der Waals surface area contributed by atoms with Crippen LogP contribution in [0.25, 0.3) is 22.0 Å². The van der Waals surface area contributed by atoms with Gasteiger partial charge in [0.1, 0.15) is 5.82 Å². The van der Waals surface area contributed by atoms with Crippen LogP contribution in [0.2, 0.25) is 0 Å². The summed E-state index contributed by atoms with van der Waals surface area (Å²) in [6.45, 7) is 1.09. The molecule has 1 atom stereocenters. The highest BCUT2D eigenvalue weighted by Crippen LogP contribution is 2.33.